The first-order chi connectivity index (χ1) is 9.69. The zero-order chi connectivity index (χ0) is 14.4. The van der Waals surface area contributed by atoms with Crippen molar-refractivity contribution >= 4 is 11.6 Å². The normalized spacial score (nSPS) is 10.6. The second kappa shape index (κ2) is 7.32. The highest BCUT2D eigenvalue weighted by molar-refractivity contribution is 6.32. The standard InChI is InChI=1S/C17H20ClNO/c1-13-3-8-16(18)17(11-13)20-12-15-6-4-14(5-7-15)9-10-19-2/h3-8,11,19H,9-10,12H2,1-2H3. The van der Waals surface area contributed by atoms with Crippen molar-refractivity contribution in [3.8, 4) is 5.75 Å². The maximum absolute atomic E-state index is 6.11. The first-order valence-electron chi connectivity index (χ1n) is 6.80. The monoisotopic (exact) mass is 289 g/mol. The topological polar surface area (TPSA) is 21.3 Å². The van der Waals surface area contributed by atoms with E-state index in [0.29, 0.717) is 11.6 Å². The molecule has 1 N–H and O–H groups in total. The Kier molecular flexibility index (Phi) is 5.45. The summed E-state index contributed by atoms with van der Waals surface area (Å²) in [7, 11) is 1.97. The molecule has 0 aliphatic carbocycles. The van der Waals surface area contributed by atoms with Gasteiger partial charge in [0.2, 0.25) is 0 Å². The van der Waals surface area contributed by atoms with Crippen molar-refractivity contribution in [2.45, 2.75) is 20.0 Å². The van der Waals surface area contributed by atoms with Gasteiger partial charge in [-0.25, -0.2) is 0 Å². The summed E-state index contributed by atoms with van der Waals surface area (Å²) in [5.41, 5.74) is 3.62. The molecule has 0 amide bonds. The number of benzene rings is 2. The third kappa shape index (κ3) is 4.26. The number of aryl methyl sites for hydroxylation is 1. The second-order valence-electron chi connectivity index (χ2n) is 4.89. The predicted octanol–water partition coefficient (Wildman–Crippen LogP) is 3.99. The Bertz CT molecular complexity index is 551. The summed E-state index contributed by atoms with van der Waals surface area (Å²) in [6, 6.07) is 14.3. The molecular formula is C17H20ClNO. The highest BCUT2D eigenvalue weighted by Gasteiger charge is 2.02. The maximum atomic E-state index is 6.11. The first kappa shape index (κ1) is 14.9. The minimum atomic E-state index is 0.537. The van der Waals surface area contributed by atoms with Gasteiger partial charge in [0.25, 0.3) is 0 Å². The fraction of sp³-hybridized carbons (Fsp3) is 0.294. The van der Waals surface area contributed by atoms with Crippen LogP contribution in [-0.2, 0) is 13.0 Å². The molecule has 0 aromatic heterocycles. The summed E-state index contributed by atoms with van der Waals surface area (Å²) in [6.45, 7) is 3.56. The van der Waals surface area contributed by atoms with E-state index >= 15 is 0 Å². The molecule has 0 saturated heterocycles. The van der Waals surface area contributed by atoms with Crippen LogP contribution in [0, 0.1) is 6.92 Å². The van der Waals surface area contributed by atoms with Crippen molar-refractivity contribution in [1.82, 2.24) is 5.32 Å². The number of nitrogens with one attached hydrogen (secondary N) is 1. The Morgan fingerprint density at radius 1 is 1.05 bits per heavy atom. The first-order valence-corrected chi connectivity index (χ1v) is 7.18. The minimum absolute atomic E-state index is 0.537. The summed E-state index contributed by atoms with van der Waals surface area (Å²) in [5, 5.41) is 3.80. The molecule has 0 radical (unpaired) electrons. The molecule has 0 fully saturated rings. The van der Waals surface area contributed by atoms with Crippen molar-refractivity contribution in [1.29, 1.82) is 0 Å². The molecule has 0 aliphatic heterocycles. The molecule has 2 aromatic rings. The van der Waals surface area contributed by atoms with E-state index in [1.54, 1.807) is 0 Å². The van der Waals surface area contributed by atoms with Crippen molar-refractivity contribution in [2.24, 2.45) is 0 Å². The Morgan fingerprint density at radius 3 is 2.45 bits per heavy atom. The largest absolute Gasteiger partial charge is 0.487 e. The van der Waals surface area contributed by atoms with Gasteiger partial charge >= 0.3 is 0 Å². The molecule has 106 valence electrons. The third-order valence-corrected chi connectivity index (χ3v) is 3.48. The fourth-order valence-electron chi connectivity index (χ4n) is 1.95. The van der Waals surface area contributed by atoms with E-state index in [9.17, 15) is 0 Å². The van der Waals surface area contributed by atoms with E-state index in [2.05, 4.69) is 29.6 Å². The molecule has 3 heteroatoms. The quantitative estimate of drug-likeness (QED) is 0.868. The van der Waals surface area contributed by atoms with Crippen LogP contribution in [0.3, 0.4) is 0 Å². The molecule has 0 spiro atoms. The van der Waals surface area contributed by atoms with E-state index < -0.39 is 0 Å². The van der Waals surface area contributed by atoms with Crippen LogP contribution in [0.1, 0.15) is 16.7 Å². The van der Waals surface area contributed by atoms with Crippen LogP contribution in [-0.4, -0.2) is 13.6 Å². The zero-order valence-electron chi connectivity index (χ0n) is 11.9. The van der Waals surface area contributed by atoms with E-state index in [1.165, 1.54) is 5.56 Å². The molecule has 2 aromatic carbocycles. The average molecular weight is 290 g/mol. The second-order valence-corrected chi connectivity index (χ2v) is 5.30. The Labute approximate surface area is 125 Å². The Hall–Kier alpha value is -1.51. The Morgan fingerprint density at radius 2 is 1.75 bits per heavy atom. The zero-order valence-corrected chi connectivity index (χ0v) is 12.7. The summed E-state index contributed by atoms with van der Waals surface area (Å²) in [5.74, 6) is 0.742. The number of likely N-dealkylation sites (N-methyl/N-ethyl adjacent to an activating group) is 1. The van der Waals surface area contributed by atoms with Gasteiger partial charge in [-0.15, -0.1) is 0 Å². The molecule has 0 saturated carbocycles. The van der Waals surface area contributed by atoms with Crippen molar-refractivity contribution in [2.75, 3.05) is 13.6 Å². The highest BCUT2D eigenvalue weighted by Crippen LogP contribution is 2.26. The van der Waals surface area contributed by atoms with E-state index in [1.807, 2.05) is 32.2 Å². The van der Waals surface area contributed by atoms with Crippen LogP contribution in [0.15, 0.2) is 42.5 Å². The van der Waals surface area contributed by atoms with Crippen LogP contribution in [0.4, 0.5) is 0 Å². The van der Waals surface area contributed by atoms with Gasteiger partial charge in [-0.2, -0.15) is 0 Å². The fourth-order valence-corrected chi connectivity index (χ4v) is 2.13. The molecule has 0 unspecified atom stereocenters. The van der Waals surface area contributed by atoms with Gasteiger partial charge in [-0.1, -0.05) is 41.9 Å². The lowest BCUT2D eigenvalue weighted by Gasteiger charge is -2.09. The van der Waals surface area contributed by atoms with E-state index in [4.69, 9.17) is 16.3 Å². The summed E-state index contributed by atoms with van der Waals surface area (Å²) in [4.78, 5) is 0. The number of ether oxygens (including phenoxy) is 1. The summed E-state index contributed by atoms with van der Waals surface area (Å²) >= 11 is 6.11. The number of hydrogen-bond donors (Lipinski definition) is 1. The predicted molar refractivity (Wildman–Crippen MR) is 84.6 cm³/mol. The molecule has 0 bridgehead atoms. The SMILES string of the molecule is CNCCc1ccc(COc2cc(C)ccc2Cl)cc1. The van der Waals surface area contributed by atoms with E-state index in [-0.39, 0.29) is 0 Å². The molecule has 20 heavy (non-hydrogen) atoms. The third-order valence-electron chi connectivity index (χ3n) is 3.17. The van der Waals surface area contributed by atoms with Gasteiger partial charge in [0.15, 0.2) is 0 Å². The van der Waals surface area contributed by atoms with Crippen LogP contribution >= 0.6 is 11.6 Å². The number of hydrogen-bond acceptors (Lipinski definition) is 2. The smallest absolute Gasteiger partial charge is 0.138 e. The van der Waals surface area contributed by atoms with Crippen molar-refractivity contribution in [3.63, 3.8) is 0 Å². The lowest BCUT2D eigenvalue weighted by molar-refractivity contribution is 0.306. The Balaban J connectivity index is 1.95. The molecule has 0 atom stereocenters. The van der Waals surface area contributed by atoms with Gasteiger partial charge in [0.1, 0.15) is 12.4 Å². The number of rotatable bonds is 6. The lowest BCUT2D eigenvalue weighted by atomic mass is 10.1. The van der Waals surface area contributed by atoms with Gasteiger partial charge in [0.05, 0.1) is 5.02 Å². The van der Waals surface area contributed by atoms with Gasteiger partial charge in [-0.05, 0) is 55.8 Å². The highest BCUT2D eigenvalue weighted by atomic mass is 35.5. The average Bonchev–Trinajstić information content (AvgIpc) is 2.47. The summed E-state index contributed by atoms with van der Waals surface area (Å²) < 4.78 is 5.78. The summed E-state index contributed by atoms with van der Waals surface area (Å²) in [6.07, 6.45) is 1.04. The van der Waals surface area contributed by atoms with Crippen LogP contribution in [0.5, 0.6) is 5.75 Å². The molecule has 2 rings (SSSR count). The van der Waals surface area contributed by atoms with Crippen molar-refractivity contribution in [3.05, 3.63) is 64.2 Å². The molecular weight excluding hydrogens is 270 g/mol. The molecule has 0 aliphatic rings. The van der Waals surface area contributed by atoms with Gasteiger partial charge in [0, 0.05) is 0 Å². The molecule has 0 heterocycles. The lowest BCUT2D eigenvalue weighted by Crippen LogP contribution is -2.10. The van der Waals surface area contributed by atoms with Crippen LogP contribution in [0.2, 0.25) is 5.02 Å². The number of halogens is 1. The maximum Gasteiger partial charge on any atom is 0.138 e. The van der Waals surface area contributed by atoms with Crippen LogP contribution in [0.25, 0.3) is 0 Å². The molecule has 2 nitrogen and oxygen atoms in total. The van der Waals surface area contributed by atoms with E-state index in [0.717, 1.165) is 29.8 Å². The van der Waals surface area contributed by atoms with Gasteiger partial charge in [-0.3, -0.25) is 0 Å². The van der Waals surface area contributed by atoms with Gasteiger partial charge < -0.3 is 10.1 Å². The van der Waals surface area contributed by atoms with Crippen molar-refractivity contribution < 1.29 is 4.74 Å². The van der Waals surface area contributed by atoms with Crippen LogP contribution < -0.4 is 10.1 Å². The minimum Gasteiger partial charge on any atom is -0.487 e.